The summed E-state index contributed by atoms with van der Waals surface area (Å²) in [6.07, 6.45) is 4.99. The van der Waals surface area contributed by atoms with Crippen molar-refractivity contribution in [3.8, 4) is 0 Å². The minimum atomic E-state index is -0.223. The summed E-state index contributed by atoms with van der Waals surface area (Å²) in [5.74, 6) is -0.223. The SMILES string of the molecule is O=[C]CN(C(=O)C=Cc1ccccc1)N1CCOCC1. The third-order valence-corrected chi connectivity index (χ3v) is 3.02. The maximum absolute atomic E-state index is 12.2. The van der Waals surface area contributed by atoms with Gasteiger partial charge in [0, 0.05) is 19.2 Å². The molecule has 0 bridgehead atoms. The van der Waals surface area contributed by atoms with Crippen LogP contribution in [-0.4, -0.2) is 55.1 Å². The Labute approximate surface area is 118 Å². The first kappa shape index (κ1) is 14.4. The zero-order chi connectivity index (χ0) is 14.2. The van der Waals surface area contributed by atoms with Gasteiger partial charge in [-0.15, -0.1) is 0 Å². The van der Waals surface area contributed by atoms with Crippen LogP contribution in [0.5, 0.6) is 0 Å². The average molecular weight is 273 g/mol. The van der Waals surface area contributed by atoms with Crippen LogP contribution in [0.4, 0.5) is 0 Å². The number of amides is 1. The summed E-state index contributed by atoms with van der Waals surface area (Å²) < 4.78 is 5.24. The highest BCUT2D eigenvalue weighted by Gasteiger charge is 2.21. The van der Waals surface area contributed by atoms with Gasteiger partial charge in [0.15, 0.2) is 0 Å². The molecule has 2 rings (SSSR count). The number of carbonyl (C=O) groups is 1. The van der Waals surface area contributed by atoms with Gasteiger partial charge < -0.3 is 4.74 Å². The minimum absolute atomic E-state index is 0.0576. The molecular weight excluding hydrogens is 256 g/mol. The second-order valence-corrected chi connectivity index (χ2v) is 4.35. The van der Waals surface area contributed by atoms with E-state index in [1.165, 1.54) is 11.1 Å². The number of hydrogen-bond donors (Lipinski definition) is 0. The molecule has 0 atom stereocenters. The molecule has 0 saturated carbocycles. The molecule has 0 spiro atoms. The van der Waals surface area contributed by atoms with Crippen LogP contribution in [0, 0.1) is 0 Å². The van der Waals surface area contributed by atoms with Crippen LogP contribution >= 0.6 is 0 Å². The molecular formula is C15H17N2O3. The molecule has 0 N–H and O–H groups in total. The van der Waals surface area contributed by atoms with Crippen LogP contribution in [0.3, 0.4) is 0 Å². The lowest BCUT2D eigenvalue weighted by atomic mass is 10.2. The van der Waals surface area contributed by atoms with Crippen LogP contribution < -0.4 is 0 Å². The molecule has 5 nitrogen and oxygen atoms in total. The molecule has 1 aliphatic rings. The van der Waals surface area contributed by atoms with Crippen LogP contribution in [0.1, 0.15) is 5.56 Å². The standard InChI is InChI=1S/C15H17N2O3/c18-11-8-17(16-9-12-20-13-10-16)15(19)7-6-14-4-2-1-3-5-14/h1-7H,8-10,12-13H2. The summed E-state index contributed by atoms with van der Waals surface area (Å²) in [5.41, 5.74) is 0.942. The predicted octanol–water partition coefficient (Wildman–Crippen LogP) is 0.885. The number of morpholine rings is 1. The van der Waals surface area contributed by atoms with Crippen LogP contribution in [-0.2, 0) is 14.3 Å². The zero-order valence-electron chi connectivity index (χ0n) is 11.2. The Kier molecular flexibility index (Phi) is 5.46. The fourth-order valence-corrected chi connectivity index (χ4v) is 1.99. The van der Waals surface area contributed by atoms with Gasteiger partial charge in [-0.1, -0.05) is 30.3 Å². The highest BCUT2D eigenvalue weighted by Crippen LogP contribution is 2.06. The Morgan fingerprint density at radius 2 is 2.00 bits per heavy atom. The average Bonchev–Trinajstić information content (AvgIpc) is 2.52. The molecule has 1 heterocycles. The summed E-state index contributed by atoms with van der Waals surface area (Å²) in [7, 11) is 0. The van der Waals surface area contributed by atoms with E-state index < -0.39 is 0 Å². The molecule has 1 aliphatic heterocycles. The zero-order valence-corrected chi connectivity index (χ0v) is 11.2. The normalized spacial score (nSPS) is 16.2. The molecule has 1 saturated heterocycles. The van der Waals surface area contributed by atoms with Gasteiger partial charge in [0.05, 0.1) is 13.2 Å². The van der Waals surface area contributed by atoms with Crippen molar-refractivity contribution in [3.63, 3.8) is 0 Å². The number of hydrazine groups is 1. The van der Waals surface area contributed by atoms with E-state index in [-0.39, 0.29) is 12.5 Å². The first-order valence-corrected chi connectivity index (χ1v) is 6.53. The third-order valence-electron chi connectivity index (χ3n) is 3.02. The third kappa shape index (κ3) is 4.01. The lowest BCUT2D eigenvalue weighted by molar-refractivity contribution is -0.148. The van der Waals surface area contributed by atoms with Crippen molar-refractivity contribution in [1.82, 2.24) is 10.0 Å². The first-order valence-electron chi connectivity index (χ1n) is 6.53. The number of hydrogen-bond acceptors (Lipinski definition) is 4. The van der Waals surface area contributed by atoms with Crippen molar-refractivity contribution in [2.45, 2.75) is 0 Å². The van der Waals surface area contributed by atoms with Crippen molar-refractivity contribution in [1.29, 1.82) is 0 Å². The van der Waals surface area contributed by atoms with Crippen LogP contribution in [0.15, 0.2) is 36.4 Å². The molecule has 0 aromatic heterocycles. The quantitative estimate of drug-likeness (QED) is 0.747. The van der Waals surface area contributed by atoms with Crippen LogP contribution in [0.25, 0.3) is 6.08 Å². The van der Waals surface area contributed by atoms with E-state index in [1.807, 2.05) is 35.3 Å². The Balaban J connectivity index is 2.02. The maximum Gasteiger partial charge on any atom is 0.261 e. The largest absolute Gasteiger partial charge is 0.379 e. The van der Waals surface area contributed by atoms with E-state index in [0.717, 1.165) is 5.56 Å². The minimum Gasteiger partial charge on any atom is -0.379 e. The van der Waals surface area contributed by atoms with Crippen molar-refractivity contribution in [3.05, 3.63) is 42.0 Å². The van der Waals surface area contributed by atoms with Gasteiger partial charge in [0.2, 0.25) is 6.29 Å². The van der Waals surface area contributed by atoms with E-state index in [1.54, 1.807) is 12.4 Å². The maximum atomic E-state index is 12.2. The van der Waals surface area contributed by atoms with Gasteiger partial charge in [0.25, 0.3) is 5.91 Å². The topological polar surface area (TPSA) is 49.9 Å². The Hall–Kier alpha value is -1.98. The van der Waals surface area contributed by atoms with Gasteiger partial charge in [-0.2, -0.15) is 0 Å². The van der Waals surface area contributed by atoms with E-state index >= 15 is 0 Å². The summed E-state index contributed by atoms with van der Waals surface area (Å²) in [6, 6.07) is 9.55. The molecule has 1 aromatic rings. The Morgan fingerprint density at radius 3 is 2.65 bits per heavy atom. The van der Waals surface area contributed by atoms with Crippen molar-refractivity contribution in [2.75, 3.05) is 32.8 Å². The smallest absolute Gasteiger partial charge is 0.261 e. The number of rotatable bonds is 5. The molecule has 5 heteroatoms. The molecule has 1 radical (unpaired) electrons. The lowest BCUT2D eigenvalue weighted by Gasteiger charge is -2.35. The molecule has 0 aliphatic carbocycles. The van der Waals surface area contributed by atoms with E-state index in [2.05, 4.69) is 0 Å². The molecule has 105 valence electrons. The van der Waals surface area contributed by atoms with E-state index in [9.17, 15) is 9.59 Å². The molecule has 20 heavy (non-hydrogen) atoms. The predicted molar refractivity (Wildman–Crippen MR) is 75.3 cm³/mol. The molecule has 0 unspecified atom stereocenters. The molecule has 1 fully saturated rings. The van der Waals surface area contributed by atoms with Crippen molar-refractivity contribution >= 4 is 18.3 Å². The van der Waals surface area contributed by atoms with Gasteiger partial charge in [0.1, 0.15) is 6.54 Å². The van der Waals surface area contributed by atoms with Gasteiger partial charge in [-0.3, -0.25) is 14.6 Å². The second-order valence-electron chi connectivity index (χ2n) is 4.35. The first-order chi connectivity index (χ1) is 9.81. The fraction of sp³-hybridized carbons (Fsp3) is 0.333. The second kappa shape index (κ2) is 7.57. The summed E-state index contributed by atoms with van der Waals surface area (Å²) >= 11 is 0. The van der Waals surface area contributed by atoms with Gasteiger partial charge >= 0.3 is 0 Å². The molecule has 1 aromatic carbocycles. The van der Waals surface area contributed by atoms with E-state index in [4.69, 9.17) is 4.74 Å². The fourth-order valence-electron chi connectivity index (χ4n) is 1.99. The Morgan fingerprint density at radius 1 is 1.30 bits per heavy atom. The lowest BCUT2D eigenvalue weighted by Crippen LogP contribution is -2.51. The summed E-state index contributed by atoms with van der Waals surface area (Å²) in [5, 5.41) is 3.24. The number of benzene rings is 1. The highest BCUT2D eigenvalue weighted by atomic mass is 16.5. The number of nitrogens with zero attached hydrogens (tertiary/aromatic N) is 2. The van der Waals surface area contributed by atoms with E-state index in [0.29, 0.717) is 26.3 Å². The van der Waals surface area contributed by atoms with Gasteiger partial charge in [-0.05, 0) is 11.6 Å². The van der Waals surface area contributed by atoms with Crippen molar-refractivity contribution in [2.24, 2.45) is 0 Å². The monoisotopic (exact) mass is 273 g/mol. The van der Waals surface area contributed by atoms with Crippen LogP contribution in [0.2, 0.25) is 0 Å². The number of ether oxygens (including phenoxy) is 1. The van der Waals surface area contributed by atoms with Gasteiger partial charge in [-0.25, -0.2) is 5.01 Å². The number of carbonyl (C=O) groups excluding carboxylic acids is 2. The molecule has 1 amide bonds. The summed E-state index contributed by atoms with van der Waals surface area (Å²) in [4.78, 5) is 22.8. The highest BCUT2D eigenvalue weighted by molar-refractivity contribution is 5.92. The summed E-state index contributed by atoms with van der Waals surface area (Å²) in [6.45, 7) is 2.27. The van der Waals surface area contributed by atoms with Crippen molar-refractivity contribution < 1.29 is 14.3 Å². The Bertz CT molecular complexity index is 467.